The lowest BCUT2D eigenvalue weighted by Gasteiger charge is -2.32. The van der Waals surface area contributed by atoms with Gasteiger partial charge in [0.25, 0.3) is 0 Å². The van der Waals surface area contributed by atoms with E-state index in [1.54, 1.807) is 0 Å². The molecule has 0 amide bonds. The minimum atomic E-state index is -1.79. The lowest BCUT2D eigenvalue weighted by Crippen LogP contribution is -2.52. The van der Waals surface area contributed by atoms with Crippen LogP contribution < -0.4 is 0 Å². The summed E-state index contributed by atoms with van der Waals surface area (Å²) in [6, 6.07) is -1.10. The smallest absolute Gasteiger partial charge is 0.326 e. The molecule has 0 aromatic carbocycles. The van der Waals surface area contributed by atoms with E-state index in [2.05, 4.69) is 12.6 Å². The van der Waals surface area contributed by atoms with Gasteiger partial charge in [-0.05, 0) is 6.92 Å². The molecule has 118 valence electrons. The quantitative estimate of drug-likeness (QED) is 0.189. The van der Waals surface area contributed by atoms with Gasteiger partial charge in [0.1, 0.15) is 34.8 Å². The molecule has 0 fully saturated rings. The SMILES string of the molecule is C[C@@H](C(=O)O)N(CC(O)C(O)C(O)C(O)CO)C(=S)S. The molecule has 8 nitrogen and oxygen atoms in total. The number of aliphatic carboxylic acids is 1. The summed E-state index contributed by atoms with van der Waals surface area (Å²) in [5.74, 6) is -1.21. The van der Waals surface area contributed by atoms with Crippen molar-refractivity contribution in [3.63, 3.8) is 0 Å². The van der Waals surface area contributed by atoms with Gasteiger partial charge in [-0.2, -0.15) is 0 Å². The van der Waals surface area contributed by atoms with Gasteiger partial charge in [0.15, 0.2) is 0 Å². The number of rotatable bonds is 8. The number of hydrogen-bond acceptors (Lipinski definition) is 7. The highest BCUT2D eigenvalue weighted by atomic mass is 32.1. The molecule has 20 heavy (non-hydrogen) atoms. The third-order valence-corrected chi connectivity index (χ3v) is 3.27. The first-order valence-corrected chi connectivity index (χ1v) is 6.54. The Hall–Kier alpha value is -0.490. The fourth-order valence-electron chi connectivity index (χ4n) is 1.41. The summed E-state index contributed by atoms with van der Waals surface area (Å²) in [4.78, 5) is 11.9. The van der Waals surface area contributed by atoms with Crippen molar-refractivity contribution in [1.82, 2.24) is 4.90 Å². The highest BCUT2D eigenvalue weighted by molar-refractivity contribution is 8.10. The third kappa shape index (κ3) is 5.48. The van der Waals surface area contributed by atoms with E-state index in [1.165, 1.54) is 6.92 Å². The largest absolute Gasteiger partial charge is 0.480 e. The van der Waals surface area contributed by atoms with Crippen molar-refractivity contribution in [3.05, 3.63) is 0 Å². The van der Waals surface area contributed by atoms with Crippen LogP contribution in [0.1, 0.15) is 6.92 Å². The Labute approximate surface area is 126 Å². The molecule has 10 heteroatoms. The van der Waals surface area contributed by atoms with E-state index >= 15 is 0 Å². The predicted octanol–water partition coefficient (Wildman–Crippen LogP) is -2.59. The van der Waals surface area contributed by atoms with Crippen molar-refractivity contribution >= 4 is 35.1 Å². The van der Waals surface area contributed by atoms with Crippen LogP contribution in [0.4, 0.5) is 0 Å². The van der Waals surface area contributed by atoms with Gasteiger partial charge in [0, 0.05) is 6.54 Å². The second kappa shape index (κ2) is 8.72. The first-order chi connectivity index (χ1) is 9.13. The standard InChI is InChI=1S/C10H19NO7S2/c1-4(9(17)18)11(10(19)20)2-5(13)7(15)8(16)6(14)3-12/h4-8,12-16H,2-3H2,1H3,(H,17,18)(H,19,20)/t4-,5?,6?,7?,8?/m0/s1. The fourth-order valence-corrected chi connectivity index (χ4v) is 1.90. The number of hydrogen-bond donors (Lipinski definition) is 7. The third-order valence-electron chi connectivity index (χ3n) is 2.78. The second-order valence-electron chi connectivity index (χ2n) is 4.25. The summed E-state index contributed by atoms with van der Waals surface area (Å²) in [5.41, 5.74) is 0. The van der Waals surface area contributed by atoms with Crippen molar-refractivity contribution in [2.45, 2.75) is 37.4 Å². The number of aliphatic hydroxyl groups is 5. The Balaban J connectivity index is 4.80. The molecule has 0 aromatic rings. The molecule has 0 aliphatic rings. The molecule has 0 rings (SSSR count). The van der Waals surface area contributed by atoms with Crippen LogP contribution in [-0.2, 0) is 4.79 Å². The average Bonchev–Trinajstić information content (AvgIpc) is 2.40. The van der Waals surface area contributed by atoms with Gasteiger partial charge in [-0.15, -0.1) is 12.6 Å². The van der Waals surface area contributed by atoms with E-state index < -0.39 is 49.6 Å². The summed E-state index contributed by atoms with van der Waals surface area (Å²) < 4.78 is -0.108. The summed E-state index contributed by atoms with van der Waals surface area (Å²) in [5, 5.41) is 55.5. The predicted molar refractivity (Wildman–Crippen MR) is 76.5 cm³/mol. The summed E-state index contributed by atoms with van der Waals surface area (Å²) in [7, 11) is 0. The summed E-state index contributed by atoms with van der Waals surface area (Å²) in [6.45, 7) is 0.0975. The van der Waals surface area contributed by atoms with E-state index in [0.717, 1.165) is 4.90 Å². The molecule has 0 aromatic heterocycles. The van der Waals surface area contributed by atoms with Crippen molar-refractivity contribution in [2.24, 2.45) is 0 Å². The number of thiocarbonyl (C=S) groups is 1. The van der Waals surface area contributed by atoms with Gasteiger partial charge in [0.2, 0.25) is 0 Å². The zero-order valence-electron chi connectivity index (χ0n) is 10.7. The molecule has 0 radical (unpaired) electrons. The lowest BCUT2D eigenvalue weighted by atomic mass is 10.0. The molecule has 0 aliphatic carbocycles. The first kappa shape index (κ1) is 19.5. The van der Waals surface area contributed by atoms with E-state index in [9.17, 15) is 20.1 Å². The molecule has 0 saturated heterocycles. The number of carboxylic acid groups (broad SMARTS) is 1. The first-order valence-electron chi connectivity index (χ1n) is 5.69. The molecule has 0 aliphatic heterocycles. The topological polar surface area (TPSA) is 142 Å². The van der Waals surface area contributed by atoms with Crippen LogP contribution in [0.2, 0.25) is 0 Å². The molecule has 4 unspecified atom stereocenters. The molecule has 0 saturated carbocycles. The van der Waals surface area contributed by atoms with Crippen molar-refractivity contribution < 1.29 is 35.4 Å². The molecule has 6 N–H and O–H groups in total. The normalized spacial score (nSPS) is 18.8. The van der Waals surface area contributed by atoms with E-state index in [-0.39, 0.29) is 4.32 Å². The van der Waals surface area contributed by atoms with Crippen LogP contribution in [0.15, 0.2) is 0 Å². The zero-order valence-corrected chi connectivity index (χ0v) is 12.4. The van der Waals surface area contributed by atoms with Crippen molar-refractivity contribution in [3.8, 4) is 0 Å². The Morgan fingerprint density at radius 3 is 2.00 bits per heavy atom. The average molecular weight is 329 g/mol. The number of carbonyl (C=O) groups is 1. The number of aliphatic hydroxyl groups excluding tert-OH is 5. The van der Waals surface area contributed by atoms with Gasteiger partial charge in [-0.25, -0.2) is 4.79 Å². The van der Waals surface area contributed by atoms with E-state index in [1.807, 2.05) is 0 Å². The molecule has 5 atom stereocenters. The Bertz CT molecular complexity index is 344. The highest BCUT2D eigenvalue weighted by Crippen LogP contribution is 2.11. The Morgan fingerprint density at radius 2 is 1.65 bits per heavy atom. The van der Waals surface area contributed by atoms with Gasteiger partial charge in [0.05, 0.1) is 6.61 Å². The van der Waals surface area contributed by atoms with Crippen LogP contribution in [0.5, 0.6) is 0 Å². The summed E-state index contributed by atoms with van der Waals surface area (Å²) in [6.07, 6.45) is -6.81. The summed E-state index contributed by atoms with van der Waals surface area (Å²) >= 11 is 8.57. The van der Waals surface area contributed by atoms with Crippen LogP contribution in [0.3, 0.4) is 0 Å². The van der Waals surface area contributed by atoms with Crippen LogP contribution in [0.25, 0.3) is 0 Å². The molecule has 0 heterocycles. The molecule has 0 bridgehead atoms. The number of thiol groups is 1. The maximum Gasteiger partial charge on any atom is 0.326 e. The maximum atomic E-state index is 10.9. The Morgan fingerprint density at radius 1 is 1.20 bits per heavy atom. The van der Waals surface area contributed by atoms with Gasteiger partial charge < -0.3 is 35.5 Å². The molecular weight excluding hydrogens is 310 g/mol. The minimum Gasteiger partial charge on any atom is -0.480 e. The van der Waals surface area contributed by atoms with E-state index in [4.69, 9.17) is 27.5 Å². The van der Waals surface area contributed by atoms with Gasteiger partial charge >= 0.3 is 5.97 Å². The van der Waals surface area contributed by atoms with Crippen molar-refractivity contribution in [1.29, 1.82) is 0 Å². The highest BCUT2D eigenvalue weighted by Gasteiger charge is 2.33. The number of nitrogens with zero attached hydrogens (tertiary/aromatic N) is 1. The van der Waals surface area contributed by atoms with Gasteiger partial charge in [-0.3, -0.25) is 0 Å². The Kier molecular flexibility index (Phi) is 8.51. The van der Waals surface area contributed by atoms with E-state index in [0.29, 0.717) is 0 Å². The minimum absolute atomic E-state index is 0.108. The molecular formula is C10H19NO7S2. The van der Waals surface area contributed by atoms with Crippen LogP contribution in [0, 0.1) is 0 Å². The monoisotopic (exact) mass is 329 g/mol. The van der Waals surface area contributed by atoms with Gasteiger partial charge in [-0.1, -0.05) is 12.2 Å². The fraction of sp³-hybridized carbons (Fsp3) is 0.800. The van der Waals surface area contributed by atoms with Crippen LogP contribution in [-0.4, -0.2) is 89.4 Å². The maximum absolute atomic E-state index is 10.9. The molecule has 0 spiro atoms. The zero-order chi connectivity index (χ0) is 16.0. The lowest BCUT2D eigenvalue weighted by molar-refractivity contribution is -0.142. The van der Waals surface area contributed by atoms with Crippen LogP contribution >= 0.6 is 24.8 Å². The number of carboxylic acids is 1. The van der Waals surface area contributed by atoms with Crippen molar-refractivity contribution in [2.75, 3.05) is 13.2 Å². The second-order valence-corrected chi connectivity index (χ2v) is 5.36.